The molecule has 0 bridgehead atoms. The lowest BCUT2D eigenvalue weighted by atomic mass is 9.97. The van der Waals surface area contributed by atoms with Crippen molar-refractivity contribution < 1.29 is 0 Å². The molecule has 0 aliphatic rings. The summed E-state index contributed by atoms with van der Waals surface area (Å²) in [6.45, 7) is 7.67. The van der Waals surface area contributed by atoms with Crippen molar-refractivity contribution in [2.24, 2.45) is 0 Å². The van der Waals surface area contributed by atoms with E-state index in [1.165, 1.54) is 28.7 Å². The predicted octanol–water partition coefficient (Wildman–Crippen LogP) is 4.65. The minimum Gasteiger partial charge on any atom is -0.310 e. The lowest BCUT2D eigenvalue weighted by Crippen LogP contribution is -2.24. The van der Waals surface area contributed by atoms with Crippen molar-refractivity contribution in [3.05, 3.63) is 57.3 Å². The molecule has 1 aromatic heterocycles. The van der Waals surface area contributed by atoms with Gasteiger partial charge < -0.3 is 5.32 Å². The van der Waals surface area contributed by atoms with Crippen LogP contribution >= 0.6 is 11.3 Å². The first-order chi connectivity index (χ1) is 9.20. The molecular formula is C17H23NS. The van der Waals surface area contributed by atoms with E-state index >= 15 is 0 Å². The van der Waals surface area contributed by atoms with Crippen molar-refractivity contribution in [2.45, 2.75) is 39.7 Å². The zero-order valence-corrected chi connectivity index (χ0v) is 12.9. The van der Waals surface area contributed by atoms with E-state index < -0.39 is 0 Å². The highest BCUT2D eigenvalue weighted by molar-refractivity contribution is 7.08. The van der Waals surface area contributed by atoms with Crippen LogP contribution in [0.15, 0.2) is 35.0 Å². The average molecular weight is 273 g/mol. The molecule has 1 nitrogen and oxygen atoms in total. The van der Waals surface area contributed by atoms with Crippen LogP contribution in [0, 0.1) is 13.8 Å². The Morgan fingerprint density at radius 2 is 2.05 bits per heavy atom. The number of hydrogen-bond acceptors (Lipinski definition) is 2. The third kappa shape index (κ3) is 3.92. The molecule has 2 aromatic rings. The van der Waals surface area contributed by atoms with E-state index in [1.807, 2.05) is 0 Å². The summed E-state index contributed by atoms with van der Waals surface area (Å²) in [5.41, 5.74) is 5.62. The molecule has 0 radical (unpaired) electrons. The molecule has 0 fully saturated rings. The van der Waals surface area contributed by atoms with Crippen LogP contribution in [0.4, 0.5) is 0 Å². The Bertz CT molecular complexity index is 515. The average Bonchev–Trinajstić information content (AvgIpc) is 2.81. The van der Waals surface area contributed by atoms with Gasteiger partial charge in [-0.15, -0.1) is 0 Å². The van der Waals surface area contributed by atoms with Crippen molar-refractivity contribution in [3.8, 4) is 0 Å². The minimum atomic E-state index is 0.438. The molecule has 1 aromatic carbocycles. The largest absolute Gasteiger partial charge is 0.310 e. The summed E-state index contributed by atoms with van der Waals surface area (Å²) in [4.78, 5) is 0. The standard InChI is InChI=1S/C17H23NS/c1-4-8-18-17(16-12-19-11-14(16)3)10-15-7-5-6-13(2)9-15/h5-7,9,11-12,17-18H,4,8,10H2,1-3H3. The molecule has 1 heterocycles. The highest BCUT2D eigenvalue weighted by Gasteiger charge is 2.14. The maximum Gasteiger partial charge on any atom is 0.0371 e. The molecule has 19 heavy (non-hydrogen) atoms. The van der Waals surface area contributed by atoms with Crippen molar-refractivity contribution >= 4 is 11.3 Å². The molecule has 0 aliphatic carbocycles. The number of hydrogen-bond donors (Lipinski definition) is 1. The number of thiophene rings is 1. The molecule has 0 saturated heterocycles. The summed E-state index contributed by atoms with van der Waals surface area (Å²) in [7, 11) is 0. The third-order valence-corrected chi connectivity index (χ3v) is 4.31. The topological polar surface area (TPSA) is 12.0 Å². The van der Waals surface area contributed by atoms with Gasteiger partial charge in [-0.25, -0.2) is 0 Å². The molecule has 0 saturated carbocycles. The Labute approximate surface area is 120 Å². The molecule has 102 valence electrons. The molecule has 1 unspecified atom stereocenters. The van der Waals surface area contributed by atoms with E-state index in [4.69, 9.17) is 0 Å². The van der Waals surface area contributed by atoms with Crippen LogP contribution in [0.25, 0.3) is 0 Å². The molecule has 0 amide bonds. The van der Waals surface area contributed by atoms with Gasteiger partial charge in [0.25, 0.3) is 0 Å². The van der Waals surface area contributed by atoms with E-state index in [2.05, 4.69) is 61.1 Å². The summed E-state index contributed by atoms with van der Waals surface area (Å²) >= 11 is 1.80. The van der Waals surface area contributed by atoms with Gasteiger partial charge in [0, 0.05) is 6.04 Å². The minimum absolute atomic E-state index is 0.438. The second-order valence-electron chi connectivity index (χ2n) is 5.21. The summed E-state index contributed by atoms with van der Waals surface area (Å²) in [5, 5.41) is 8.22. The summed E-state index contributed by atoms with van der Waals surface area (Å²) < 4.78 is 0. The van der Waals surface area contributed by atoms with E-state index in [1.54, 1.807) is 11.3 Å². The van der Waals surface area contributed by atoms with Crippen LogP contribution in [-0.4, -0.2) is 6.54 Å². The van der Waals surface area contributed by atoms with Crippen molar-refractivity contribution in [3.63, 3.8) is 0 Å². The highest BCUT2D eigenvalue weighted by Crippen LogP contribution is 2.25. The maximum atomic E-state index is 3.69. The van der Waals surface area contributed by atoms with Crippen LogP contribution in [-0.2, 0) is 6.42 Å². The van der Waals surface area contributed by atoms with E-state index in [-0.39, 0.29) is 0 Å². The fourth-order valence-corrected chi connectivity index (χ4v) is 3.32. The Hall–Kier alpha value is -1.12. The normalized spacial score (nSPS) is 12.6. The molecular weight excluding hydrogens is 250 g/mol. The van der Waals surface area contributed by atoms with Gasteiger partial charge in [-0.05, 0) is 60.7 Å². The molecule has 1 N–H and O–H groups in total. The first kappa shape index (κ1) is 14.3. The Balaban J connectivity index is 2.16. The monoisotopic (exact) mass is 273 g/mol. The van der Waals surface area contributed by atoms with Gasteiger partial charge in [-0.1, -0.05) is 36.8 Å². The van der Waals surface area contributed by atoms with E-state index in [0.29, 0.717) is 6.04 Å². The molecule has 2 heteroatoms. The second-order valence-corrected chi connectivity index (χ2v) is 5.95. The van der Waals surface area contributed by atoms with E-state index in [0.717, 1.165) is 13.0 Å². The van der Waals surface area contributed by atoms with Crippen LogP contribution in [0.2, 0.25) is 0 Å². The molecule has 0 aliphatic heterocycles. The van der Waals surface area contributed by atoms with Crippen LogP contribution in [0.3, 0.4) is 0 Å². The van der Waals surface area contributed by atoms with Crippen molar-refractivity contribution in [1.29, 1.82) is 0 Å². The van der Waals surface area contributed by atoms with Crippen LogP contribution in [0.5, 0.6) is 0 Å². The first-order valence-corrected chi connectivity index (χ1v) is 7.96. The fraction of sp³-hybridized carbons (Fsp3) is 0.412. The highest BCUT2D eigenvalue weighted by atomic mass is 32.1. The Morgan fingerprint density at radius 3 is 2.68 bits per heavy atom. The number of nitrogens with one attached hydrogen (secondary N) is 1. The van der Waals surface area contributed by atoms with Gasteiger partial charge in [0.1, 0.15) is 0 Å². The zero-order valence-electron chi connectivity index (χ0n) is 12.1. The number of aryl methyl sites for hydroxylation is 2. The Morgan fingerprint density at radius 1 is 1.21 bits per heavy atom. The number of benzene rings is 1. The zero-order chi connectivity index (χ0) is 13.7. The van der Waals surface area contributed by atoms with Crippen molar-refractivity contribution in [1.82, 2.24) is 5.32 Å². The maximum absolute atomic E-state index is 3.69. The van der Waals surface area contributed by atoms with Gasteiger partial charge >= 0.3 is 0 Å². The van der Waals surface area contributed by atoms with Crippen LogP contribution < -0.4 is 5.32 Å². The second kappa shape index (κ2) is 6.88. The predicted molar refractivity (Wildman–Crippen MR) is 85.0 cm³/mol. The van der Waals surface area contributed by atoms with Gasteiger partial charge in [0.05, 0.1) is 0 Å². The van der Waals surface area contributed by atoms with Gasteiger partial charge in [-0.3, -0.25) is 0 Å². The lowest BCUT2D eigenvalue weighted by Gasteiger charge is -2.19. The Kier molecular flexibility index (Phi) is 5.17. The van der Waals surface area contributed by atoms with Crippen molar-refractivity contribution in [2.75, 3.05) is 6.54 Å². The van der Waals surface area contributed by atoms with Gasteiger partial charge in [0.2, 0.25) is 0 Å². The fourth-order valence-electron chi connectivity index (χ4n) is 2.41. The SMILES string of the molecule is CCCNC(Cc1cccc(C)c1)c1cscc1C. The lowest BCUT2D eigenvalue weighted by molar-refractivity contribution is 0.528. The van der Waals surface area contributed by atoms with Gasteiger partial charge in [0.15, 0.2) is 0 Å². The quantitative estimate of drug-likeness (QED) is 0.808. The molecule has 0 spiro atoms. The van der Waals surface area contributed by atoms with Gasteiger partial charge in [-0.2, -0.15) is 11.3 Å². The van der Waals surface area contributed by atoms with Crippen LogP contribution in [0.1, 0.15) is 41.6 Å². The molecule has 2 rings (SSSR count). The first-order valence-electron chi connectivity index (χ1n) is 7.02. The third-order valence-electron chi connectivity index (χ3n) is 3.43. The summed E-state index contributed by atoms with van der Waals surface area (Å²) in [6.07, 6.45) is 2.24. The number of rotatable bonds is 6. The smallest absolute Gasteiger partial charge is 0.0371 e. The van der Waals surface area contributed by atoms with E-state index in [9.17, 15) is 0 Å². The summed E-state index contributed by atoms with van der Waals surface area (Å²) in [5.74, 6) is 0. The summed E-state index contributed by atoms with van der Waals surface area (Å²) in [6, 6.07) is 9.28. The molecule has 1 atom stereocenters.